The minimum absolute atomic E-state index is 0.0348. The number of nitrogens with one attached hydrogen (secondary N) is 1. The topological polar surface area (TPSA) is 72.3 Å². The Morgan fingerprint density at radius 2 is 2.04 bits per heavy atom. The van der Waals surface area contributed by atoms with Crippen molar-refractivity contribution in [3.8, 4) is 11.3 Å². The molecular weight excluding hydrogens is 294 g/mol. The monoisotopic (exact) mass is 315 g/mol. The molecule has 0 saturated carbocycles. The summed E-state index contributed by atoms with van der Waals surface area (Å²) in [4.78, 5) is 17.8. The van der Waals surface area contributed by atoms with Crippen LogP contribution in [0.4, 0.5) is 4.79 Å². The van der Waals surface area contributed by atoms with E-state index in [9.17, 15) is 4.79 Å². The summed E-state index contributed by atoms with van der Waals surface area (Å²) in [5, 5.41) is 7.53. The second-order valence-corrected chi connectivity index (χ2v) is 5.46. The highest BCUT2D eigenvalue weighted by atomic mass is 16.5. The van der Waals surface area contributed by atoms with Gasteiger partial charge in [0.25, 0.3) is 0 Å². The van der Waals surface area contributed by atoms with Crippen LogP contribution in [-0.2, 0) is 11.3 Å². The van der Waals surface area contributed by atoms with Gasteiger partial charge < -0.3 is 15.0 Å². The summed E-state index contributed by atoms with van der Waals surface area (Å²) < 4.78 is 7.16. The summed E-state index contributed by atoms with van der Waals surface area (Å²) in [6, 6.07) is 5.88. The van der Waals surface area contributed by atoms with Crippen LogP contribution in [0, 0.1) is 6.92 Å². The number of amides is 2. The zero-order valence-corrected chi connectivity index (χ0v) is 13.2. The van der Waals surface area contributed by atoms with Gasteiger partial charge in [-0.3, -0.25) is 9.67 Å². The van der Waals surface area contributed by atoms with E-state index in [2.05, 4.69) is 15.4 Å². The molecule has 2 amide bonds. The number of hydrogen-bond acceptors (Lipinski definition) is 4. The number of pyridine rings is 1. The van der Waals surface area contributed by atoms with Crippen LogP contribution < -0.4 is 5.32 Å². The standard InChI is InChI=1S/C16H21N5O2/c1-13-12-15(14-2-4-17-5-3-14)19-21(13)7-6-18-16(22)20-8-10-23-11-9-20/h2-5,12H,6-11H2,1H3,(H,18,22). The number of nitrogens with zero attached hydrogens (tertiary/aromatic N) is 4. The van der Waals surface area contributed by atoms with E-state index in [1.807, 2.05) is 29.8 Å². The molecule has 0 atom stereocenters. The zero-order valence-electron chi connectivity index (χ0n) is 13.2. The Morgan fingerprint density at radius 1 is 1.30 bits per heavy atom. The van der Waals surface area contributed by atoms with Gasteiger partial charge in [0.1, 0.15) is 0 Å². The molecule has 0 aliphatic carbocycles. The molecule has 0 unspecified atom stereocenters. The summed E-state index contributed by atoms with van der Waals surface area (Å²) in [6.45, 7) is 5.74. The Kier molecular flexibility index (Phi) is 4.87. The third-order valence-electron chi connectivity index (χ3n) is 3.86. The van der Waals surface area contributed by atoms with Crippen LogP contribution in [0.1, 0.15) is 5.69 Å². The first-order valence-corrected chi connectivity index (χ1v) is 7.79. The predicted molar refractivity (Wildman–Crippen MR) is 86.0 cm³/mol. The molecular formula is C16H21N5O2. The third-order valence-corrected chi connectivity index (χ3v) is 3.86. The number of urea groups is 1. The van der Waals surface area contributed by atoms with Crippen molar-refractivity contribution in [1.29, 1.82) is 0 Å². The van der Waals surface area contributed by atoms with Crippen molar-refractivity contribution in [2.45, 2.75) is 13.5 Å². The van der Waals surface area contributed by atoms with E-state index in [-0.39, 0.29) is 6.03 Å². The summed E-state index contributed by atoms with van der Waals surface area (Å²) in [5.41, 5.74) is 3.03. The predicted octanol–water partition coefficient (Wildman–Crippen LogP) is 1.30. The molecule has 0 aromatic carbocycles. The van der Waals surface area contributed by atoms with Crippen LogP contribution in [0.25, 0.3) is 11.3 Å². The molecule has 0 radical (unpaired) electrons. The first-order valence-electron chi connectivity index (χ1n) is 7.79. The maximum atomic E-state index is 12.0. The van der Waals surface area contributed by atoms with Crippen molar-refractivity contribution in [2.24, 2.45) is 0 Å². The third kappa shape index (κ3) is 3.87. The Bertz CT molecular complexity index is 650. The molecule has 3 rings (SSSR count). The van der Waals surface area contributed by atoms with Crippen molar-refractivity contribution in [3.05, 3.63) is 36.3 Å². The number of ether oxygens (including phenoxy) is 1. The SMILES string of the molecule is Cc1cc(-c2ccncc2)nn1CCNC(=O)N1CCOCC1. The summed E-state index contributed by atoms with van der Waals surface area (Å²) in [7, 11) is 0. The molecule has 1 saturated heterocycles. The number of aromatic nitrogens is 3. The summed E-state index contributed by atoms with van der Waals surface area (Å²) >= 11 is 0. The quantitative estimate of drug-likeness (QED) is 0.923. The average Bonchev–Trinajstić information content (AvgIpc) is 2.97. The number of aryl methyl sites for hydroxylation is 1. The molecule has 2 aromatic heterocycles. The summed E-state index contributed by atoms with van der Waals surface area (Å²) in [5.74, 6) is 0. The molecule has 1 N–H and O–H groups in total. The smallest absolute Gasteiger partial charge is 0.317 e. The lowest BCUT2D eigenvalue weighted by atomic mass is 10.2. The molecule has 122 valence electrons. The Hall–Kier alpha value is -2.41. The van der Waals surface area contributed by atoms with Gasteiger partial charge in [-0.05, 0) is 25.1 Å². The minimum Gasteiger partial charge on any atom is -0.378 e. The normalized spacial score (nSPS) is 14.7. The number of carbonyl (C=O) groups is 1. The van der Waals surface area contributed by atoms with E-state index in [1.54, 1.807) is 17.3 Å². The van der Waals surface area contributed by atoms with E-state index < -0.39 is 0 Å². The fourth-order valence-corrected chi connectivity index (χ4v) is 2.55. The number of morpholine rings is 1. The average molecular weight is 315 g/mol. The lowest BCUT2D eigenvalue weighted by Crippen LogP contribution is -2.46. The van der Waals surface area contributed by atoms with Crippen molar-refractivity contribution < 1.29 is 9.53 Å². The van der Waals surface area contributed by atoms with Gasteiger partial charge in [-0.2, -0.15) is 5.10 Å². The molecule has 1 aliphatic rings. The highest BCUT2D eigenvalue weighted by Crippen LogP contribution is 2.17. The van der Waals surface area contributed by atoms with Gasteiger partial charge >= 0.3 is 6.03 Å². The fraction of sp³-hybridized carbons (Fsp3) is 0.438. The van der Waals surface area contributed by atoms with Crippen molar-refractivity contribution in [3.63, 3.8) is 0 Å². The van der Waals surface area contributed by atoms with Crippen LogP contribution in [0.15, 0.2) is 30.6 Å². The molecule has 0 bridgehead atoms. The van der Waals surface area contributed by atoms with Crippen LogP contribution in [0.5, 0.6) is 0 Å². The van der Waals surface area contributed by atoms with Crippen LogP contribution >= 0.6 is 0 Å². The number of rotatable bonds is 4. The highest BCUT2D eigenvalue weighted by molar-refractivity contribution is 5.74. The molecule has 7 nitrogen and oxygen atoms in total. The Balaban J connectivity index is 1.54. The maximum absolute atomic E-state index is 12.0. The number of carbonyl (C=O) groups excluding carboxylic acids is 1. The van der Waals surface area contributed by atoms with Gasteiger partial charge in [-0.15, -0.1) is 0 Å². The largest absolute Gasteiger partial charge is 0.378 e. The van der Waals surface area contributed by atoms with E-state index in [4.69, 9.17) is 4.74 Å². The first kappa shape index (κ1) is 15.5. The van der Waals surface area contributed by atoms with E-state index in [0.717, 1.165) is 17.0 Å². The molecule has 1 fully saturated rings. The van der Waals surface area contributed by atoms with Gasteiger partial charge in [0.15, 0.2) is 0 Å². The lowest BCUT2D eigenvalue weighted by molar-refractivity contribution is 0.0532. The minimum atomic E-state index is -0.0348. The molecule has 7 heteroatoms. The second kappa shape index (κ2) is 7.23. The van der Waals surface area contributed by atoms with Gasteiger partial charge in [-0.1, -0.05) is 0 Å². The molecule has 1 aliphatic heterocycles. The van der Waals surface area contributed by atoms with Gasteiger partial charge in [0, 0.05) is 43.3 Å². The first-order chi connectivity index (χ1) is 11.2. The fourth-order valence-electron chi connectivity index (χ4n) is 2.55. The van der Waals surface area contributed by atoms with Crippen LogP contribution in [-0.4, -0.2) is 58.5 Å². The Morgan fingerprint density at radius 3 is 2.78 bits per heavy atom. The van der Waals surface area contributed by atoms with E-state index in [1.165, 1.54) is 0 Å². The zero-order chi connectivity index (χ0) is 16.1. The molecule has 3 heterocycles. The molecule has 0 spiro atoms. The van der Waals surface area contributed by atoms with Crippen molar-refractivity contribution in [1.82, 2.24) is 25.0 Å². The second-order valence-electron chi connectivity index (χ2n) is 5.46. The summed E-state index contributed by atoms with van der Waals surface area (Å²) in [6.07, 6.45) is 3.51. The highest BCUT2D eigenvalue weighted by Gasteiger charge is 2.16. The maximum Gasteiger partial charge on any atom is 0.317 e. The molecule has 2 aromatic rings. The van der Waals surface area contributed by atoms with E-state index in [0.29, 0.717) is 39.4 Å². The molecule has 23 heavy (non-hydrogen) atoms. The van der Waals surface area contributed by atoms with E-state index >= 15 is 0 Å². The Labute approximate surface area is 135 Å². The van der Waals surface area contributed by atoms with Crippen LogP contribution in [0.2, 0.25) is 0 Å². The van der Waals surface area contributed by atoms with Gasteiger partial charge in [0.05, 0.1) is 25.5 Å². The van der Waals surface area contributed by atoms with Crippen molar-refractivity contribution >= 4 is 6.03 Å². The van der Waals surface area contributed by atoms with Gasteiger partial charge in [0.2, 0.25) is 0 Å². The van der Waals surface area contributed by atoms with Crippen LogP contribution in [0.3, 0.4) is 0 Å². The number of hydrogen-bond donors (Lipinski definition) is 1. The lowest BCUT2D eigenvalue weighted by Gasteiger charge is -2.26. The van der Waals surface area contributed by atoms with Crippen molar-refractivity contribution in [2.75, 3.05) is 32.8 Å². The van der Waals surface area contributed by atoms with Gasteiger partial charge in [-0.25, -0.2) is 4.79 Å².